The van der Waals surface area contributed by atoms with Gasteiger partial charge in [-0.2, -0.15) is 0 Å². The van der Waals surface area contributed by atoms with Crippen LogP contribution in [0.3, 0.4) is 0 Å². The number of methoxy groups -OCH3 is 2. The largest absolute Gasteiger partial charge is 0.481 e. The van der Waals surface area contributed by atoms with Gasteiger partial charge in [0.2, 0.25) is 0 Å². The molecule has 0 rings (SSSR count). The highest BCUT2D eigenvalue weighted by Gasteiger charge is 2.49. The van der Waals surface area contributed by atoms with Crippen molar-refractivity contribution in [1.29, 1.82) is 0 Å². The van der Waals surface area contributed by atoms with Crippen LogP contribution in [-0.4, -0.2) is 64.9 Å². The van der Waals surface area contributed by atoms with E-state index in [1.54, 1.807) is 14.2 Å². The van der Waals surface area contributed by atoms with Crippen molar-refractivity contribution >= 4 is 5.97 Å². The topological polar surface area (TPSA) is 74.2 Å². The maximum absolute atomic E-state index is 11.8. The molecule has 0 aromatic carbocycles. The average Bonchev–Trinajstić information content (AvgIpc) is 2.35. The van der Waals surface area contributed by atoms with E-state index < -0.39 is 16.8 Å². The predicted octanol–water partition coefficient (Wildman–Crippen LogP) is 1.43. The van der Waals surface area contributed by atoms with Gasteiger partial charge >= 0.3 is 5.97 Å². The van der Waals surface area contributed by atoms with Gasteiger partial charge in [-0.05, 0) is 5.41 Å². The van der Waals surface area contributed by atoms with Gasteiger partial charge in [-0.25, -0.2) is 0 Å². The third kappa shape index (κ3) is 5.75. The number of hydrogen-bond acceptors (Lipinski definition) is 5. The summed E-state index contributed by atoms with van der Waals surface area (Å²) in [6.07, 6.45) is 0. The third-order valence-corrected chi connectivity index (χ3v) is 3.41. The normalized spacial score (nSPS) is 12.7. The third-order valence-electron chi connectivity index (χ3n) is 3.41. The Bertz CT molecular complexity index is 259. The van der Waals surface area contributed by atoms with Gasteiger partial charge in [-0.3, -0.25) is 4.79 Å². The first-order valence-electron chi connectivity index (χ1n) is 6.68. The molecule has 0 aromatic rings. The fourth-order valence-electron chi connectivity index (χ4n) is 1.70. The van der Waals surface area contributed by atoms with Crippen molar-refractivity contribution in [2.75, 3.05) is 53.9 Å². The molecule has 0 aliphatic carbocycles. The first-order chi connectivity index (χ1) is 9.31. The van der Waals surface area contributed by atoms with Gasteiger partial charge in [-0.1, -0.05) is 20.8 Å². The maximum atomic E-state index is 11.8. The minimum Gasteiger partial charge on any atom is -0.481 e. The van der Waals surface area contributed by atoms with Crippen LogP contribution in [0.1, 0.15) is 20.8 Å². The number of hydrogen-bond donors (Lipinski definition) is 1. The minimum absolute atomic E-state index is 0.0855. The van der Waals surface area contributed by atoms with E-state index in [4.69, 9.17) is 18.9 Å². The zero-order valence-corrected chi connectivity index (χ0v) is 13.2. The van der Waals surface area contributed by atoms with E-state index in [2.05, 4.69) is 0 Å². The highest BCUT2D eigenvalue weighted by Crippen LogP contribution is 2.39. The van der Waals surface area contributed by atoms with Gasteiger partial charge in [0.05, 0.1) is 39.6 Å². The maximum Gasteiger partial charge on any atom is 0.314 e. The summed E-state index contributed by atoms with van der Waals surface area (Å²) < 4.78 is 20.7. The molecule has 0 saturated heterocycles. The molecule has 1 N–H and O–H groups in total. The summed E-state index contributed by atoms with van der Waals surface area (Å²) in [7, 11) is 3.15. The van der Waals surface area contributed by atoms with Crippen LogP contribution in [0, 0.1) is 10.8 Å². The lowest BCUT2D eigenvalue weighted by molar-refractivity contribution is -0.172. The van der Waals surface area contributed by atoms with Gasteiger partial charge in [0, 0.05) is 14.2 Å². The lowest BCUT2D eigenvalue weighted by Crippen LogP contribution is -2.50. The van der Waals surface area contributed by atoms with Crippen molar-refractivity contribution in [3.05, 3.63) is 0 Å². The Labute approximate surface area is 121 Å². The standard InChI is InChI=1S/C14H28O6/c1-13(2,3)14(12(15)16,10-19-8-6-17-4)11-20-9-7-18-5/h6-11H2,1-5H3,(H,15,16). The smallest absolute Gasteiger partial charge is 0.314 e. The molecule has 6 heteroatoms. The number of carboxylic acid groups (broad SMARTS) is 1. The van der Waals surface area contributed by atoms with Crippen molar-refractivity contribution in [3.8, 4) is 0 Å². The highest BCUT2D eigenvalue weighted by atomic mass is 16.5. The molecule has 0 spiro atoms. The second-order valence-electron chi connectivity index (χ2n) is 5.73. The zero-order valence-electron chi connectivity index (χ0n) is 13.2. The fourth-order valence-corrected chi connectivity index (χ4v) is 1.70. The van der Waals surface area contributed by atoms with E-state index in [1.807, 2.05) is 20.8 Å². The molecule has 0 aliphatic heterocycles. The molecule has 0 unspecified atom stereocenters. The van der Waals surface area contributed by atoms with Gasteiger partial charge in [0.15, 0.2) is 0 Å². The summed E-state index contributed by atoms with van der Waals surface area (Å²) in [6, 6.07) is 0. The van der Waals surface area contributed by atoms with Crippen LogP contribution in [0.2, 0.25) is 0 Å². The molecular weight excluding hydrogens is 264 g/mol. The number of aliphatic carboxylic acids is 1. The first-order valence-corrected chi connectivity index (χ1v) is 6.68. The van der Waals surface area contributed by atoms with Crippen LogP contribution in [-0.2, 0) is 23.7 Å². The van der Waals surface area contributed by atoms with Crippen LogP contribution < -0.4 is 0 Å². The Balaban J connectivity index is 4.74. The summed E-state index contributed by atoms with van der Waals surface area (Å²) >= 11 is 0. The molecule has 0 aliphatic rings. The summed E-state index contributed by atoms with van der Waals surface area (Å²) in [4.78, 5) is 11.8. The molecule has 0 aromatic heterocycles. The van der Waals surface area contributed by atoms with Gasteiger partial charge in [0.1, 0.15) is 5.41 Å². The Morgan fingerprint density at radius 2 is 1.30 bits per heavy atom. The van der Waals surface area contributed by atoms with Crippen molar-refractivity contribution < 1.29 is 28.8 Å². The molecule has 0 fully saturated rings. The van der Waals surface area contributed by atoms with E-state index in [0.29, 0.717) is 26.4 Å². The molecular formula is C14H28O6. The van der Waals surface area contributed by atoms with Crippen LogP contribution >= 0.6 is 0 Å². The molecule has 0 saturated carbocycles. The molecule has 0 bridgehead atoms. The predicted molar refractivity (Wildman–Crippen MR) is 74.9 cm³/mol. The lowest BCUT2D eigenvalue weighted by atomic mass is 9.67. The molecule has 0 atom stereocenters. The van der Waals surface area contributed by atoms with E-state index in [1.165, 1.54) is 0 Å². The van der Waals surface area contributed by atoms with Crippen LogP contribution in [0.5, 0.6) is 0 Å². The number of carboxylic acids is 1. The van der Waals surface area contributed by atoms with Crippen molar-refractivity contribution in [2.24, 2.45) is 10.8 Å². The van der Waals surface area contributed by atoms with Gasteiger partial charge < -0.3 is 24.1 Å². The van der Waals surface area contributed by atoms with E-state index in [9.17, 15) is 9.90 Å². The second-order valence-corrected chi connectivity index (χ2v) is 5.73. The van der Waals surface area contributed by atoms with Crippen LogP contribution in [0.4, 0.5) is 0 Å². The summed E-state index contributed by atoms with van der Waals surface area (Å²) in [5, 5.41) is 9.65. The molecule has 6 nitrogen and oxygen atoms in total. The zero-order chi connectivity index (χ0) is 15.6. The summed E-state index contributed by atoms with van der Waals surface area (Å²) in [5.41, 5.74) is -1.60. The number of rotatable bonds is 11. The number of ether oxygens (including phenoxy) is 4. The lowest BCUT2D eigenvalue weighted by Gasteiger charge is -2.40. The molecule has 0 heterocycles. The average molecular weight is 292 g/mol. The molecule has 120 valence electrons. The minimum atomic E-state index is -1.10. The summed E-state index contributed by atoms with van der Waals surface area (Å²) in [6.45, 7) is 7.39. The number of carbonyl (C=O) groups is 1. The first kappa shape index (κ1) is 19.3. The quantitative estimate of drug-likeness (QED) is 0.581. The Kier molecular flexibility index (Phi) is 8.96. The van der Waals surface area contributed by atoms with E-state index in [0.717, 1.165) is 0 Å². The van der Waals surface area contributed by atoms with Crippen molar-refractivity contribution in [3.63, 3.8) is 0 Å². The Hall–Kier alpha value is -0.690. The molecule has 0 amide bonds. The van der Waals surface area contributed by atoms with Crippen molar-refractivity contribution in [2.45, 2.75) is 20.8 Å². The Morgan fingerprint density at radius 3 is 1.55 bits per heavy atom. The van der Waals surface area contributed by atoms with E-state index >= 15 is 0 Å². The van der Waals surface area contributed by atoms with Gasteiger partial charge in [0.25, 0.3) is 0 Å². The fraction of sp³-hybridized carbons (Fsp3) is 0.929. The summed E-state index contributed by atoms with van der Waals surface area (Å²) in [5.74, 6) is -0.917. The van der Waals surface area contributed by atoms with Gasteiger partial charge in [-0.15, -0.1) is 0 Å². The monoisotopic (exact) mass is 292 g/mol. The van der Waals surface area contributed by atoms with Crippen LogP contribution in [0.25, 0.3) is 0 Å². The highest BCUT2D eigenvalue weighted by molar-refractivity contribution is 5.76. The molecule has 0 radical (unpaired) electrons. The SMILES string of the molecule is COCCOCC(COCCOC)(C(=O)O)C(C)(C)C. The van der Waals surface area contributed by atoms with Crippen LogP contribution in [0.15, 0.2) is 0 Å². The second kappa shape index (κ2) is 9.28. The van der Waals surface area contributed by atoms with E-state index in [-0.39, 0.29) is 13.2 Å². The molecule has 20 heavy (non-hydrogen) atoms. The Morgan fingerprint density at radius 1 is 0.900 bits per heavy atom. The van der Waals surface area contributed by atoms with Crippen molar-refractivity contribution in [1.82, 2.24) is 0 Å².